The summed E-state index contributed by atoms with van der Waals surface area (Å²) in [6, 6.07) is 0. The first kappa shape index (κ1) is 17.9. The summed E-state index contributed by atoms with van der Waals surface area (Å²) in [6.07, 6.45) is 12.8. The van der Waals surface area contributed by atoms with Gasteiger partial charge in [-0.25, -0.2) is 0 Å². The Labute approximate surface area is 156 Å². The zero-order chi connectivity index (χ0) is 18.0. The van der Waals surface area contributed by atoms with Crippen molar-refractivity contribution in [1.82, 2.24) is 0 Å². The molecule has 4 aliphatic carbocycles. The Balaban J connectivity index is 1.75. The molecule has 0 aromatic rings. The van der Waals surface area contributed by atoms with E-state index in [2.05, 4.69) is 40.9 Å². The lowest BCUT2D eigenvalue weighted by Gasteiger charge is -2.63. The lowest BCUT2D eigenvalue weighted by molar-refractivity contribution is -0.128. The maximum absolute atomic E-state index is 4.58. The Hall–Kier alpha value is -0.520. The van der Waals surface area contributed by atoms with Crippen molar-refractivity contribution in [2.24, 2.45) is 46.3 Å². The molecule has 4 saturated carbocycles. The standard InChI is InChI=1S/C25H40/c1-7-25-13-11-21-23(22(25)9-8-18(25)5)20(16(2)3)15-19-14-17(4)10-12-24(19,21)6/h17,19-23H,2,5,7-15H2,1,3-4,6H3. The number of rotatable bonds is 2. The van der Waals surface area contributed by atoms with Crippen molar-refractivity contribution >= 4 is 0 Å². The molecule has 8 unspecified atom stereocenters. The summed E-state index contributed by atoms with van der Waals surface area (Å²) in [4.78, 5) is 0. The molecule has 0 radical (unpaired) electrons. The van der Waals surface area contributed by atoms with E-state index in [1.807, 2.05) is 0 Å². The quantitative estimate of drug-likeness (QED) is 0.459. The molecule has 8 atom stereocenters. The average Bonchev–Trinajstić information content (AvgIpc) is 2.92. The Morgan fingerprint density at radius 3 is 2.56 bits per heavy atom. The van der Waals surface area contributed by atoms with Gasteiger partial charge in [0, 0.05) is 0 Å². The summed E-state index contributed by atoms with van der Waals surface area (Å²) in [7, 11) is 0. The monoisotopic (exact) mass is 340 g/mol. The molecular formula is C25H40. The topological polar surface area (TPSA) is 0 Å². The molecule has 0 saturated heterocycles. The van der Waals surface area contributed by atoms with E-state index < -0.39 is 0 Å². The van der Waals surface area contributed by atoms with Crippen LogP contribution in [0.15, 0.2) is 24.3 Å². The van der Waals surface area contributed by atoms with E-state index >= 15 is 0 Å². The summed E-state index contributed by atoms with van der Waals surface area (Å²) in [6.45, 7) is 19.0. The Morgan fingerprint density at radius 1 is 1.12 bits per heavy atom. The average molecular weight is 341 g/mol. The van der Waals surface area contributed by atoms with Crippen molar-refractivity contribution in [2.75, 3.05) is 0 Å². The number of fused-ring (bicyclic) bond motifs is 5. The van der Waals surface area contributed by atoms with Crippen LogP contribution in [-0.2, 0) is 0 Å². The van der Waals surface area contributed by atoms with E-state index in [9.17, 15) is 0 Å². The molecule has 0 bridgehead atoms. The SMILES string of the molecule is C=C(C)C1CC2CC(C)CCC2(C)C2CCC3(CC)C(=C)CCC3C12. The summed E-state index contributed by atoms with van der Waals surface area (Å²) < 4.78 is 0. The van der Waals surface area contributed by atoms with Gasteiger partial charge in [0.1, 0.15) is 0 Å². The normalized spacial score (nSPS) is 52.2. The third-order valence-corrected chi connectivity index (χ3v) is 9.91. The van der Waals surface area contributed by atoms with Gasteiger partial charge in [0.25, 0.3) is 0 Å². The van der Waals surface area contributed by atoms with Crippen molar-refractivity contribution in [2.45, 2.75) is 85.5 Å². The number of hydrogen-bond acceptors (Lipinski definition) is 0. The summed E-state index contributed by atoms with van der Waals surface area (Å²) in [5, 5.41) is 0. The minimum Gasteiger partial charge on any atom is -0.0998 e. The van der Waals surface area contributed by atoms with Crippen LogP contribution in [0.3, 0.4) is 0 Å². The smallest absolute Gasteiger partial charge is 0.00620 e. The van der Waals surface area contributed by atoms with E-state index in [1.165, 1.54) is 63.4 Å². The molecule has 0 N–H and O–H groups in total. The van der Waals surface area contributed by atoms with Crippen LogP contribution in [0.25, 0.3) is 0 Å². The first-order valence-corrected chi connectivity index (χ1v) is 11.2. The van der Waals surface area contributed by atoms with Crippen LogP contribution in [0, 0.1) is 46.3 Å². The fourth-order valence-corrected chi connectivity index (χ4v) is 8.43. The minimum absolute atomic E-state index is 0.472. The molecule has 0 heteroatoms. The van der Waals surface area contributed by atoms with E-state index in [0.717, 1.165) is 35.5 Å². The Bertz CT molecular complexity index is 571. The third kappa shape index (κ3) is 2.38. The molecule has 0 heterocycles. The van der Waals surface area contributed by atoms with Gasteiger partial charge >= 0.3 is 0 Å². The van der Waals surface area contributed by atoms with Crippen molar-refractivity contribution in [3.63, 3.8) is 0 Å². The van der Waals surface area contributed by atoms with Crippen LogP contribution < -0.4 is 0 Å². The largest absolute Gasteiger partial charge is 0.0998 e. The molecule has 4 fully saturated rings. The molecule has 0 amide bonds. The summed E-state index contributed by atoms with van der Waals surface area (Å²) >= 11 is 0. The van der Waals surface area contributed by atoms with E-state index in [1.54, 1.807) is 5.57 Å². The zero-order valence-electron chi connectivity index (χ0n) is 17.2. The van der Waals surface area contributed by atoms with Crippen molar-refractivity contribution < 1.29 is 0 Å². The van der Waals surface area contributed by atoms with Crippen molar-refractivity contribution in [1.29, 1.82) is 0 Å². The van der Waals surface area contributed by atoms with Gasteiger partial charge in [-0.2, -0.15) is 0 Å². The molecule has 0 spiro atoms. The van der Waals surface area contributed by atoms with Gasteiger partial charge < -0.3 is 0 Å². The molecule has 0 aliphatic heterocycles. The summed E-state index contributed by atoms with van der Waals surface area (Å²) in [5.74, 6) is 5.37. The number of hydrogen-bond donors (Lipinski definition) is 0. The minimum atomic E-state index is 0.472. The highest BCUT2D eigenvalue weighted by atomic mass is 14.7. The van der Waals surface area contributed by atoms with Crippen LogP contribution in [0.4, 0.5) is 0 Å². The van der Waals surface area contributed by atoms with E-state index in [0.29, 0.717) is 10.8 Å². The highest BCUT2D eigenvalue weighted by molar-refractivity contribution is 5.25. The second kappa shape index (κ2) is 6.00. The highest BCUT2D eigenvalue weighted by Crippen LogP contribution is 2.70. The third-order valence-electron chi connectivity index (χ3n) is 9.91. The van der Waals surface area contributed by atoms with Crippen LogP contribution in [0.1, 0.15) is 85.5 Å². The lowest BCUT2D eigenvalue weighted by Crippen LogP contribution is -2.56. The second-order valence-electron chi connectivity index (χ2n) is 10.8. The Kier molecular flexibility index (Phi) is 4.29. The molecule has 0 aromatic heterocycles. The molecule has 0 nitrogen and oxygen atoms in total. The van der Waals surface area contributed by atoms with Gasteiger partial charge in [-0.1, -0.05) is 51.5 Å². The van der Waals surface area contributed by atoms with Gasteiger partial charge in [0.15, 0.2) is 0 Å². The van der Waals surface area contributed by atoms with Crippen molar-refractivity contribution in [3.8, 4) is 0 Å². The molecule has 4 aliphatic rings. The highest BCUT2D eigenvalue weighted by Gasteiger charge is 2.61. The fourth-order valence-electron chi connectivity index (χ4n) is 8.43. The van der Waals surface area contributed by atoms with Crippen LogP contribution in [0.2, 0.25) is 0 Å². The van der Waals surface area contributed by atoms with E-state index in [-0.39, 0.29) is 0 Å². The van der Waals surface area contributed by atoms with Crippen LogP contribution in [-0.4, -0.2) is 0 Å². The number of allylic oxidation sites excluding steroid dienone is 2. The van der Waals surface area contributed by atoms with Gasteiger partial charge in [-0.3, -0.25) is 0 Å². The molecule has 140 valence electrons. The van der Waals surface area contributed by atoms with Gasteiger partial charge in [-0.15, -0.1) is 0 Å². The lowest BCUT2D eigenvalue weighted by atomic mass is 9.41. The molecular weight excluding hydrogens is 300 g/mol. The fraction of sp³-hybridized carbons (Fsp3) is 0.840. The molecule has 0 aromatic carbocycles. The molecule has 4 rings (SSSR count). The predicted octanol–water partition coefficient (Wildman–Crippen LogP) is 7.41. The zero-order valence-corrected chi connectivity index (χ0v) is 17.2. The summed E-state index contributed by atoms with van der Waals surface area (Å²) in [5.41, 5.74) is 4.16. The second-order valence-corrected chi connectivity index (χ2v) is 10.8. The first-order valence-electron chi connectivity index (χ1n) is 11.2. The van der Waals surface area contributed by atoms with Gasteiger partial charge in [0.2, 0.25) is 0 Å². The first-order chi connectivity index (χ1) is 11.8. The predicted molar refractivity (Wildman–Crippen MR) is 108 cm³/mol. The maximum Gasteiger partial charge on any atom is -0.00620 e. The van der Waals surface area contributed by atoms with E-state index in [4.69, 9.17) is 0 Å². The van der Waals surface area contributed by atoms with Crippen LogP contribution >= 0.6 is 0 Å². The maximum atomic E-state index is 4.58. The molecule has 25 heavy (non-hydrogen) atoms. The Morgan fingerprint density at radius 2 is 1.88 bits per heavy atom. The van der Waals surface area contributed by atoms with Crippen LogP contribution in [0.5, 0.6) is 0 Å². The van der Waals surface area contributed by atoms with Gasteiger partial charge in [-0.05, 0) is 105 Å². The van der Waals surface area contributed by atoms with Crippen molar-refractivity contribution in [3.05, 3.63) is 24.3 Å². The van der Waals surface area contributed by atoms with Gasteiger partial charge in [0.05, 0.1) is 0 Å².